The molecule has 20 heavy (non-hydrogen) atoms. The molecule has 0 bridgehead atoms. The molecule has 0 radical (unpaired) electrons. The highest BCUT2D eigenvalue weighted by Crippen LogP contribution is 2.21. The molecule has 0 aliphatic rings. The maximum Gasteiger partial charge on any atom is 0.404 e. The molecule has 112 valence electrons. The molecule has 0 fully saturated rings. The van der Waals surface area contributed by atoms with Gasteiger partial charge in [-0.05, 0) is 18.2 Å². The molecule has 0 spiro atoms. The van der Waals surface area contributed by atoms with E-state index in [2.05, 4.69) is 5.32 Å². The van der Waals surface area contributed by atoms with Crippen LogP contribution in [0.25, 0.3) is 0 Å². The lowest BCUT2D eigenvalue weighted by Gasteiger charge is -2.11. The number of anilines is 2. The highest BCUT2D eigenvalue weighted by Gasteiger charge is 2.35. The van der Waals surface area contributed by atoms with Gasteiger partial charge in [0.15, 0.2) is 5.75 Å². The van der Waals surface area contributed by atoms with Gasteiger partial charge in [-0.3, -0.25) is 9.52 Å². The van der Waals surface area contributed by atoms with E-state index in [4.69, 9.17) is 0 Å². The zero-order valence-electron chi connectivity index (χ0n) is 10.5. The van der Waals surface area contributed by atoms with Crippen molar-refractivity contribution < 1.29 is 26.4 Å². The van der Waals surface area contributed by atoms with E-state index in [1.54, 1.807) is 6.92 Å². The van der Waals surface area contributed by atoms with E-state index in [1.807, 2.05) is 4.72 Å². The molecule has 0 aliphatic carbocycles. The smallest absolute Gasteiger partial charge is 0.326 e. The number of sulfonamides is 1. The SMILES string of the molecule is CCC(=O)Nc1cccc(NS(=O)(=O)CC(F)(F)F)c1. The highest BCUT2D eigenvalue weighted by atomic mass is 32.2. The van der Waals surface area contributed by atoms with Crippen molar-refractivity contribution in [3.63, 3.8) is 0 Å². The van der Waals surface area contributed by atoms with E-state index in [-0.39, 0.29) is 18.0 Å². The molecule has 0 saturated heterocycles. The third-order valence-electron chi connectivity index (χ3n) is 2.09. The highest BCUT2D eigenvalue weighted by molar-refractivity contribution is 7.92. The number of carbonyl (C=O) groups excluding carboxylic acids is 1. The van der Waals surface area contributed by atoms with E-state index in [0.717, 1.165) is 0 Å². The second-order valence-corrected chi connectivity index (χ2v) is 5.68. The first-order valence-corrected chi connectivity index (χ1v) is 7.24. The summed E-state index contributed by atoms with van der Waals surface area (Å²) < 4.78 is 60.6. The van der Waals surface area contributed by atoms with E-state index < -0.39 is 22.0 Å². The lowest BCUT2D eigenvalue weighted by molar-refractivity contribution is -0.116. The van der Waals surface area contributed by atoms with Crippen molar-refractivity contribution in [3.8, 4) is 0 Å². The van der Waals surface area contributed by atoms with Gasteiger partial charge in [-0.25, -0.2) is 8.42 Å². The summed E-state index contributed by atoms with van der Waals surface area (Å²) in [5.74, 6) is -2.26. The van der Waals surface area contributed by atoms with Crippen LogP contribution in [0.5, 0.6) is 0 Å². The Balaban J connectivity index is 2.83. The van der Waals surface area contributed by atoms with Crippen LogP contribution in [0, 0.1) is 0 Å². The predicted molar refractivity (Wildman–Crippen MR) is 68.8 cm³/mol. The summed E-state index contributed by atoms with van der Waals surface area (Å²) in [6.45, 7) is 1.63. The van der Waals surface area contributed by atoms with Gasteiger partial charge in [0.05, 0.1) is 5.69 Å². The number of benzene rings is 1. The van der Waals surface area contributed by atoms with Crippen LogP contribution < -0.4 is 10.0 Å². The number of carbonyl (C=O) groups is 1. The van der Waals surface area contributed by atoms with E-state index >= 15 is 0 Å². The zero-order valence-corrected chi connectivity index (χ0v) is 11.3. The average Bonchev–Trinajstić information content (AvgIpc) is 2.25. The van der Waals surface area contributed by atoms with Gasteiger partial charge in [0.1, 0.15) is 0 Å². The van der Waals surface area contributed by atoms with Crippen molar-refractivity contribution >= 4 is 27.3 Å². The van der Waals surface area contributed by atoms with E-state index in [1.165, 1.54) is 24.3 Å². The number of rotatable bonds is 5. The van der Waals surface area contributed by atoms with Crippen LogP contribution in [0.3, 0.4) is 0 Å². The van der Waals surface area contributed by atoms with Crippen LogP contribution in [-0.2, 0) is 14.8 Å². The minimum absolute atomic E-state index is 0.0526. The lowest BCUT2D eigenvalue weighted by Crippen LogP contribution is -2.27. The summed E-state index contributed by atoms with van der Waals surface area (Å²) >= 11 is 0. The van der Waals surface area contributed by atoms with Crippen molar-refractivity contribution in [3.05, 3.63) is 24.3 Å². The normalized spacial score (nSPS) is 12.0. The number of hydrogen-bond acceptors (Lipinski definition) is 3. The van der Waals surface area contributed by atoms with Gasteiger partial charge in [-0.1, -0.05) is 13.0 Å². The summed E-state index contributed by atoms with van der Waals surface area (Å²) in [7, 11) is -4.53. The maximum absolute atomic E-state index is 12.1. The third-order valence-corrected chi connectivity index (χ3v) is 3.35. The third kappa shape index (κ3) is 5.91. The molecule has 1 rings (SSSR count). The van der Waals surface area contributed by atoms with Crippen molar-refractivity contribution in [2.75, 3.05) is 15.8 Å². The van der Waals surface area contributed by atoms with Crippen LogP contribution >= 0.6 is 0 Å². The maximum atomic E-state index is 12.1. The fourth-order valence-electron chi connectivity index (χ4n) is 1.34. The van der Waals surface area contributed by atoms with Crippen LogP contribution in [0.15, 0.2) is 24.3 Å². The molecule has 0 atom stereocenters. The summed E-state index contributed by atoms with van der Waals surface area (Å²) in [6, 6.07) is 5.43. The molecule has 0 saturated carbocycles. The molecule has 0 heterocycles. The summed E-state index contributed by atoms with van der Waals surface area (Å²) in [5.41, 5.74) is 0.243. The predicted octanol–water partition coefficient (Wildman–Crippen LogP) is 2.34. The van der Waals surface area contributed by atoms with E-state index in [9.17, 15) is 26.4 Å². The van der Waals surface area contributed by atoms with Crippen molar-refractivity contribution in [1.29, 1.82) is 0 Å². The Bertz CT molecular complexity index is 585. The Morgan fingerprint density at radius 3 is 2.40 bits per heavy atom. The zero-order chi connectivity index (χ0) is 15.4. The molecule has 1 amide bonds. The van der Waals surface area contributed by atoms with Gasteiger partial charge in [0, 0.05) is 12.1 Å². The second-order valence-electron chi connectivity index (χ2n) is 3.96. The molecule has 0 aliphatic heterocycles. The van der Waals surface area contributed by atoms with Gasteiger partial charge >= 0.3 is 6.18 Å². The van der Waals surface area contributed by atoms with Gasteiger partial charge in [-0.2, -0.15) is 13.2 Å². The molecule has 9 heteroatoms. The number of alkyl halides is 3. The Labute approximate surface area is 114 Å². The summed E-state index contributed by atoms with van der Waals surface area (Å²) in [4.78, 5) is 11.2. The first-order valence-electron chi connectivity index (χ1n) is 5.58. The van der Waals surface area contributed by atoms with Crippen molar-refractivity contribution in [1.82, 2.24) is 0 Å². The van der Waals surface area contributed by atoms with Crippen LogP contribution in [0.4, 0.5) is 24.5 Å². The van der Waals surface area contributed by atoms with Gasteiger partial charge in [0.2, 0.25) is 15.9 Å². The first kappa shape index (κ1) is 16.3. The molecule has 5 nitrogen and oxygen atoms in total. The number of hydrogen-bond donors (Lipinski definition) is 2. The molecule has 1 aromatic carbocycles. The molecule has 0 aromatic heterocycles. The standard InChI is InChI=1S/C11H13F3N2O3S/c1-2-10(17)15-8-4-3-5-9(6-8)16-20(18,19)7-11(12,13)14/h3-6,16H,2,7H2,1H3,(H,15,17). The monoisotopic (exact) mass is 310 g/mol. The molecule has 1 aromatic rings. The number of halogens is 3. The Kier molecular flexibility index (Phi) is 4.98. The minimum Gasteiger partial charge on any atom is -0.326 e. The Morgan fingerprint density at radius 1 is 1.25 bits per heavy atom. The minimum atomic E-state index is -4.82. The average molecular weight is 310 g/mol. The largest absolute Gasteiger partial charge is 0.404 e. The topological polar surface area (TPSA) is 75.3 Å². The molecular weight excluding hydrogens is 297 g/mol. The second kappa shape index (κ2) is 6.12. The fourth-order valence-corrected chi connectivity index (χ4v) is 2.33. The van der Waals surface area contributed by atoms with Gasteiger partial charge in [0.25, 0.3) is 0 Å². The lowest BCUT2D eigenvalue weighted by atomic mass is 10.3. The molecule has 2 N–H and O–H groups in total. The van der Waals surface area contributed by atoms with Crippen LogP contribution in [0.2, 0.25) is 0 Å². The Hall–Kier alpha value is -1.77. The number of amides is 1. The molecule has 0 unspecified atom stereocenters. The van der Waals surface area contributed by atoms with Crippen molar-refractivity contribution in [2.45, 2.75) is 19.5 Å². The van der Waals surface area contributed by atoms with Crippen molar-refractivity contribution in [2.24, 2.45) is 0 Å². The Morgan fingerprint density at radius 2 is 1.85 bits per heavy atom. The fraction of sp³-hybridized carbons (Fsp3) is 0.364. The summed E-state index contributed by atoms with van der Waals surface area (Å²) in [6.07, 6.45) is -4.59. The van der Waals surface area contributed by atoms with Gasteiger partial charge in [-0.15, -0.1) is 0 Å². The van der Waals surface area contributed by atoms with Crippen LogP contribution in [-0.4, -0.2) is 26.3 Å². The quantitative estimate of drug-likeness (QED) is 0.876. The summed E-state index contributed by atoms with van der Waals surface area (Å²) in [5, 5.41) is 2.47. The van der Waals surface area contributed by atoms with Gasteiger partial charge < -0.3 is 5.32 Å². The molecular formula is C11H13F3N2O3S. The van der Waals surface area contributed by atoms with Crippen LogP contribution in [0.1, 0.15) is 13.3 Å². The van der Waals surface area contributed by atoms with E-state index in [0.29, 0.717) is 5.69 Å². The first-order chi connectivity index (χ1) is 9.11. The number of nitrogens with one attached hydrogen (secondary N) is 2.